The zero-order chi connectivity index (χ0) is 10.2. The van der Waals surface area contributed by atoms with Crippen LogP contribution in [0.1, 0.15) is 19.8 Å². The molecule has 1 unspecified atom stereocenters. The number of allylic oxidation sites excluding steroid dienone is 1. The molecule has 0 aromatic carbocycles. The fraction of sp³-hybridized carbons (Fsp3) is 0.545. The summed E-state index contributed by atoms with van der Waals surface area (Å²) in [7, 11) is 0. The Bertz CT molecular complexity index is 241. The quantitative estimate of drug-likeness (QED) is 0.529. The van der Waals surface area contributed by atoms with Gasteiger partial charge >= 0.3 is 0 Å². The Hall–Kier alpha value is -1.09. The van der Waals surface area contributed by atoms with Crippen molar-refractivity contribution >= 4 is 0 Å². The lowest BCUT2D eigenvalue weighted by Crippen LogP contribution is -2.31. The normalized spacial score (nSPS) is 12.6. The van der Waals surface area contributed by atoms with Gasteiger partial charge in [0.1, 0.15) is 0 Å². The van der Waals surface area contributed by atoms with E-state index in [1.54, 1.807) is 0 Å². The molecule has 0 aliphatic carbocycles. The first-order chi connectivity index (χ1) is 6.83. The van der Waals surface area contributed by atoms with Crippen molar-refractivity contribution in [3.8, 4) is 0 Å². The Morgan fingerprint density at radius 2 is 2.50 bits per heavy atom. The summed E-state index contributed by atoms with van der Waals surface area (Å²) in [6, 6.07) is 2.42. The highest BCUT2D eigenvalue weighted by molar-refractivity contribution is 4.79. The van der Waals surface area contributed by atoms with Crippen molar-refractivity contribution in [3.05, 3.63) is 31.1 Å². The minimum Gasteiger partial charge on any atom is -0.312 e. The molecular formula is C11H19N3. The number of aromatic nitrogens is 2. The molecule has 1 atom stereocenters. The molecule has 14 heavy (non-hydrogen) atoms. The average molecular weight is 193 g/mol. The number of nitrogens with zero attached hydrogens (tertiary/aromatic N) is 2. The lowest BCUT2D eigenvalue weighted by Gasteiger charge is -2.13. The van der Waals surface area contributed by atoms with E-state index >= 15 is 0 Å². The summed E-state index contributed by atoms with van der Waals surface area (Å²) in [5.41, 5.74) is 0. The minimum atomic E-state index is 0.472. The summed E-state index contributed by atoms with van der Waals surface area (Å²) < 4.78 is 1.95. The molecule has 1 rings (SSSR count). The van der Waals surface area contributed by atoms with E-state index in [0.29, 0.717) is 6.04 Å². The van der Waals surface area contributed by atoms with E-state index in [1.807, 2.05) is 29.2 Å². The lowest BCUT2D eigenvalue weighted by molar-refractivity contribution is 0.449. The summed E-state index contributed by atoms with van der Waals surface area (Å²) in [5, 5.41) is 7.61. The molecule has 0 radical (unpaired) electrons. The van der Waals surface area contributed by atoms with Crippen LogP contribution in [0.3, 0.4) is 0 Å². The number of rotatable bonds is 7. The molecule has 0 saturated heterocycles. The minimum absolute atomic E-state index is 0.472. The van der Waals surface area contributed by atoms with E-state index in [-0.39, 0.29) is 0 Å². The fourth-order valence-electron chi connectivity index (χ4n) is 1.35. The fourth-order valence-corrected chi connectivity index (χ4v) is 1.35. The summed E-state index contributed by atoms with van der Waals surface area (Å²) in [6.45, 7) is 7.85. The Labute approximate surface area is 85.8 Å². The number of unbranched alkanes of at least 4 members (excludes halogenated alkanes) is 1. The summed E-state index contributed by atoms with van der Waals surface area (Å²) >= 11 is 0. The van der Waals surface area contributed by atoms with Gasteiger partial charge in [-0.15, -0.1) is 6.58 Å². The van der Waals surface area contributed by atoms with E-state index in [2.05, 4.69) is 23.9 Å². The molecule has 0 aliphatic heterocycles. The molecule has 3 heteroatoms. The van der Waals surface area contributed by atoms with Gasteiger partial charge in [0.05, 0.1) is 6.54 Å². The summed E-state index contributed by atoms with van der Waals surface area (Å²) in [6.07, 6.45) is 8.00. The number of nitrogens with one attached hydrogen (secondary N) is 1. The molecule has 0 aliphatic rings. The predicted molar refractivity (Wildman–Crippen MR) is 59.1 cm³/mol. The second-order valence-electron chi connectivity index (χ2n) is 3.51. The number of hydrogen-bond donors (Lipinski definition) is 1. The van der Waals surface area contributed by atoms with Crippen molar-refractivity contribution in [1.82, 2.24) is 15.1 Å². The van der Waals surface area contributed by atoms with Crippen LogP contribution in [0, 0.1) is 0 Å². The standard InChI is InChI=1S/C11H19N3/c1-3-4-5-7-12-11(2)10-14-9-6-8-13-14/h3,6,8-9,11-12H,1,4-5,7,10H2,2H3. The van der Waals surface area contributed by atoms with Gasteiger partial charge in [0.2, 0.25) is 0 Å². The van der Waals surface area contributed by atoms with E-state index in [1.165, 1.54) is 0 Å². The van der Waals surface area contributed by atoms with E-state index in [4.69, 9.17) is 0 Å². The highest BCUT2D eigenvalue weighted by Gasteiger charge is 2.00. The Kier molecular flexibility index (Phi) is 5.00. The van der Waals surface area contributed by atoms with Crippen LogP contribution in [0.5, 0.6) is 0 Å². The third-order valence-electron chi connectivity index (χ3n) is 2.10. The molecule has 0 bridgehead atoms. The van der Waals surface area contributed by atoms with Gasteiger partial charge in [0, 0.05) is 18.4 Å². The average Bonchev–Trinajstić information content (AvgIpc) is 2.65. The maximum Gasteiger partial charge on any atom is 0.0559 e. The van der Waals surface area contributed by atoms with Crippen molar-refractivity contribution in [1.29, 1.82) is 0 Å². The highest BCUT2D eigenvalue weighted by atomic mass is 15.3. The van der Waals surface area contributed by atoms with Crippen LogP contribution < -0.4 is 5.32 Å². The lowest BCUT2D eigenvalue weighted by atomic mass is 10.3. The van der Waals surface area contributed by atoms with Crippen LogP contribution in [0.25, 0.3) is 0 Å². The van der Waals surface area contributed by atoms with Gasteiger partial charge < -0.3 is 5.32 Å². The molecular weight excluding hydrogens is 174 g/mol. The van der Waals surface area contributed by atoms with E-state index in [0.717, 1.165) is 25.9 Å². The van der Waals surface area contributed by atoms with Crippen LogP contribution in [0.15, 0.2) is 31.1 Å². The van der Waals surface area contributed by atoms with Crippen LogP contribution in [0.4, 0.5) is 0 Å². The molecule has 0 spiro atoms. The third-order valence-corrected chi connectivity index (χ3v) is 2.10. The van der Waals surface area contributed by atoms with Crippen molar-refractivity contribution in [2.75, 3.05) is 6.54 Å². The number of hydrogen-bond acceptors (Lipinski definition) is 2. The Morgan fingerprint density at radius 3 is 3.14 bits per heavy atom. The molecule has 0 amide bonds. The van der Waals surface area contributed by atoms with Crippen LogP contribution in [-0.2, 0) is 6.54 Å². The Balaban J connectivity index is 2.10. The van der Waals surface area contributed by atoms with Gasteiger partial charge in [-0.25, -0.2) is 0 Å². The smallest absolute Gasteiger partial charge is 0.0559 e. The van der Waals surface area contributed by atoms with Gasteiger partial charge in [0.15, 0.2) is 0 Å². The maximum atomic E-state index is 4.16. The molecule has 1 aromatic rings. The molecule has 1 aromatic heterocycles. The zero-order valence-corrected chi connectivity index (χ0v) is 8.82. The van der Waals surface area contributed by atoms with Gasteiger partial charge in [-0.1, -0.05) is 6.08 Å². The molecule has 1 N–H and O–H groups in total. The first-order valence-corrected chi connectivity index (χ1v) is 5.14. The molecule has 0 saturated carbocycles. The van der Waals surface area contributed by atoms with E-state index in [9.17, 15) is 0 Å². The maximum absolute atomic E-state index is 4.16. The first kappa shape index (κ1) is 11.0. The largest absolute Gasteiger partial charge is 0.312 e. The highest BCUT2D eigenvalue weighted by Crippen LogP contribution is 1.92. The second kappa shape index (κ2) is 6.38. The van der Waals surface area contributed by atoms with Gasteiger partial charge in [-0.05, 0) is 32.4 Å². The zero-order valence-electron chi connectivity index (χ0n) is 8.82. The van der Waals surface area contributed by atoms with Gasteiger partial charge in [-0.3, -0.25) is 4.68 Å². The summed E-state index contributed by atoms with van der Waals surface area (Å²) in [5.74, 6) is 0. The monoisotopic (exact) mass is 193 g/mol. The molecule has 78 valence electrons. The van der Waals surface area contributed by atoms with Gasteiger partial charge in [-0.2, -0.15) is 5.10 Å². The SMILES string of the molecule is C=CCCCNC(C)Cn1cccn1. The van der Waals surface area contributed by atoms with Crippen molar-refractivity contribution in [3.63, 3.8) is 0 Å². The van der Waals surface area contributed by atoms with Crippen molar-refractivity contribution in [2.24, 2.45) is 0 Å². The molecule has 3 nitrogen and oxygen atoms in total. The van der Waals surface area contributed by atoms with Crippen molar-refractivity contribution in [2.45, 2.75) is 32.4 Å². The topological polar surface area (TPSA) is 29.9 Å². The van der Waals surface area contributed by atoms with Crippen LogP contribution in [-0.4, -0.2) is 22.4 Å². The first-order valence-electron chi connectivity index (χ1n) is 5.14. The van der Waals surface area contributed by atoms with Gasteiger partial charge in [0.25, 0.3) is 0 Å². The second-order valence-corrected chi connectivity index (χ2v) is 3.51. The molecule has 1 heterocycles. The van der Waals surface area contributed by atoms with Crippen LogP contribution in [0.2, 0.25) is 0 Å². The Morgan fingerprint density at radius 1 is 1.64 bits per heavy atom. The molecule has 0 fully saturated rings. The van der Waals surface area contributed by atoms with Crippen LogP contribution >= 0.6 is 0 Å². The third kappa shape index (κ3) is 4.23. The summed E-state index contributed by atoms with van der Waals surface area (Å²) in [4.78, 5) is 0. The van der Waals surface area contributed by atoms with Crippen molar-refractivity contribution < 1.29 is 0 Å². The van der Waals surface area contributed by atoms with E-state index < -0.39 is 0 Å². The predicted octanol–water partition coefficient (Wildman–Crippen LogP) is 1.83.